The van der Waals surface area contributed by atoms with Gasteiger partial charge in [0.25, 0.3) is 0 Å². The Bertz CT molecular complexity index is 481. The number of nitrogens with one attached hydrogen (secondary N) is 1. The van der Waals surface area contributed by atoms with Gasteiger partial charge in [-0.3, -0.25) is 0 Å². The highest BCUT2D eigenvalue weighted by Crippen LogP contribution is 2.31. The SMILES string of the molecule is CCCNc1nc(N2CCSC(C)C2)cc(C(F)(F)F)n1. The van der Waals surface area contributed by atoms with E-state index in [1.165, 1.54) is 0 Å². The largest absolute Gasteiger partial charge is 0.433 e. The van der Waals surface area contributed by atoms with Crippen LogP contribution in [-0.4, -0.2) is 40.6 Å². The molecular formula is C13H19F3N4S. The molecule has 1 atom stereocenters. The van der Waals surface area contributed by atoms with Crippen molar-refractivity contribution in [3.05, 3.63) is 11.8 Å². The lowest BCUT2D eigenvalue weighted by molar-refractivity contribution is -0.141. The second-order valence-corrected chi connectivity index (χ2v) is 6.53. The Balaban J connectivity index is 2.30. The van der Waals surface area contributed by atoms with E-state index in [9.17, 15) is 13.2 Å². The minimum Gasteiger partial charge on any atom is -0.355 e. The minimum atomic E-state index is -4.46. The Kier molecular flexibility index (Phi) is 5.18. The molecule has 0 spiro atoms. The summed E-state index contributed by atoms with van der Waals surface area (Å²) in [5, 5.41) is 3.23. The number of thioether (sulfide) groups is 1. The highest BCUT2D eigenvalue weighted by atomic mass is 32.2. The molecule has 2 heterocycles. The molecule has 4 nitrogen and oxygen atoms in total. The molecule has 0 bridgehead atoms. The first-order valence-electron chi connectivity index (χ1n) is 6.97. The number of hydrogen-bond acceptors (Lipinski definition) is 5. The van der Waals surface area contributed by atoms with Gasteiger partial charge in [-0.1, -0.05) is 13.8 Å². The molecule has 2 rings (SSSR count). The van der Waals surface area contributed by atoms with Crippen molar-refractivity contribution in [2.75, 3.05) is 35.6 Å². The smallest absolute Gasteiger partial charge is 0.355 e. The van der Waals surface area contributed by atoms with Crippen LogP contribution in [-0.2, 0) is 6.18 Å². The van der Waals surface area contributed by atoms with Gasteiger partial charge < -0.3 is 10.2 Å². The van der Waals surface area contributed by atoms with Crippen LogP contribution in [0.3, 0.4) is 0 Å². The van der Waals surface area contributed by atoms with Gasteiger partial charge in [0.2, 0.25) is 5.95 Å². The average Bonchev–Trinajstić information content (AvgIpc) is 2.44. The lowest BCUT2D eigenvalue weighted by Gasteiger charge is -2.31. The van der Waals surface area contributed by atoms with E-state index < -0.39 is 11.9 Å². The molecule has 1 saturated heterocycles. The first kappa shape index (κ1) is 16.2. The standard InChI is InChI=1S/C13H19F3N4S/c1-3-4-17-12-18-10(13(14,15)16)7-11(19-12)20-5-6-21-9(2)8-20/h7,9H,3-6,8H2,1-2H3,(H,17,18,19). The molecule has 1 aromatic rings. The van der Waals surface area contributed by atoms with Gasteiger partial charge in [-0.15, -0.1) is 0 Å². The van der Waals surface area contributed by atoms with E-state index >= 15 is 0 Å². The van der Waals surface area contributed by atoms with Gasteiger partial charge in [0.1, 0.15) is 5.82 Å². The van der Waals surface area contributed by atoms with Crippen molar-refractivity contribution in [2.24, 2.45) is 0 Å². The Hall–Kier alpha value is -1.18. The Labute approximate surface area is 126 Å². The molecule has 0 amide bonds. The summed E-state index contributed by atoms with van der Waals surface area (Å²) < 4.78 is 38.9. The number of rotatable bonds is 4. The number of aromatic nitrogens is 2. The predicted molar refractivity (Wildman–Crippen MR) is 79.9 cm³/mol. The van der Waals surface area contributed by atoms with Gasteiger partial charge in [0.05, 0.1) is 0 Å². The Morgan fingerprint density at radius 3 is 2.81 bits per heavy atom. The van der Waals surface area contributed by atoms with Gasteiger partial charge in [0.15, 0.2) is 5.69 Å². The van der Waals surface area contributed by atoms with E-state index in [-0.39, 0.29) is 5.95 Å². The molecule has 1 unspecified atom stereocenters. The van der Waals surface area contributed by atoms with E-state index in [0.29, 0.717) is 30.7 Å². The fourth-order valence-electron chi connectivity index (χ4n) is 2.08. The lowest BCUT2D eigenvalue weighted by Crippen LogP contribution is -2.37. The topological polar surface area (TPSA) is 41.1 Å². The second-order valence-electron chi connectivity index (χ2n) is 4.99. The van der Waals surface area contributed by atoms with Gasteiger partial charge in [-0.05, 0) is 6.42 Å². The second kappa shape index (κ2) is 6.72. The quantitative estimate of drug-likeness (QED) is 0.922. The first-order chi connectivity index (χ1) is 9.90. The lowest BCUT2D eigenvalue weighted by atomic mass is 10.3. The molecular weight excluding hydrogens is 301 g/mol. The number of hydrogen-bond donors (Lipinski definition) is 1. The van der Waals surface area contributed by atoms with Crippen molar-refractivity contribution in [3.8, 4) is 0 Å². The first-order valence-corrected chi connectivity index (χ1v) is 8.01. The molecule has 0 aromatic carbocycles. The van der Waals surface area contributed by atoms with Gasteiger partial charge in [-0.25, -0.2) is 4.98 Å². The van der Waals surface area contributed by atoms with Crippen molar-refractivity contribution in [1.29, 1.82) is 0 Å². The summed E-state index contributed by atoms with van der Waals surface area (Å²) in [6.07, 6.45) is -3.66. The van der Waals surface area contributed by atoms with Crippen molar-refractivity contribution < 1.29 is 13.2 Å². The molecule has 21 heavy (non-hydrogen) atoms. The third-order valence-electron chi connectivity index (χ3n) is 3.10. The monoisotopic (exact) mass is 320 g/mol. The highest BCUT2D eigenvalue weighted by molar-refractivity contribution is 8.00. The summed E-state index contributed by atoms with van der Waals surface area (Å²) in [4.78, 5) is 9.71. The summed E-state index contributed by atoms with van der Waals surface area (Å²) in [6.45, 7) is 5.96. The summed E-state index contributed by atoms with van der Waals surface area (Å²) in [6, 6.07) is 1.04. The molecule has 0 aliphatic carbocycles. The summed E-state index contributed by atoms with van der Waals surface area (Å²) in [7, 11) is 0. The summed E-state index contributed by atoms with van der Waals surface area (Å²) in [5.74, 6) is 1.29. The van der Waals surface area contributed by atoms with E-state index in [1.54, 1.807) is 0 Å². The molecule has 8 heteroatoms. The maximum atomic E-state index is 13.0. The highest BCUT2D eigenvalue weighted by Gasteiger charge is 2.34. The van der Waals surface area contributed by atoms with Crippen molar-refractivity contribution in [2.45, 2.75) is 31.7 Å². The third kappa shape index (κ3) is 4.39. The maximum Gasteiger partial charge on any atom is 0.433 e. The fourth-order valence-corrected chi connectivity index (χ4v) is 3.10. The normalized spacial score (nSPS) is 19.7. The van der Waals surface area contributed by atoms with Crippen LogP contribution in [0.25, 0.3) is 0 Å². The van der Waals surface area contributed by atoms with Crippen LogP contribution < -0.4 is 10.2 Å². The zero-order valence-corrected chi connectivity index (χ0v) is 12.9. The van der Waals surface area contributed by atoms with E-state index in [4.69, 9.17) is 0 Å². The van der Waals surface area contributed by atoms with Crippen molar-refractivity contribution in [3.63, 3.8) is 0 Å². The predicted octanol–water partition coefficient (Wildman–Crippen LogP) is 3.26. The molecule has 1 aliphatic rings. The number of halogens is 3. The summed E-state index contributed by atoms with van der Waals surface area (Å²) in [5.41, 5.74) is -0.892. The number of alkyl halides is 3. The van der Waals surface area contributed by atoms with E-state index in [1.807, 2.05) is 23.6 Å². The van der Waals surface area contributed by atoms with Gasteiger partial charge in [0, 0.05) is 36.7 Å². The van der Waals surface area contributed by atoms with Crippen LogP contribution in [0, 0.1) is 0 Å². The minimum absolute atomic E-state index is 0.0487. The summed E-state index contributed by atoms with van der Waals surface area (Å²) >= 11 is 1.82. The zero-order chi connectivity index (χ0) is 15.5. The zero-order valence-electron chi connectivity index (χ0n) is 12.1. The third-order valence-corrected chi connectivity index (χ3v) is 4.24. The van der Waals surface area contributed by atoms with Crippen molar-refractivity contribution in [1.82, 2.24) is 9.97 Å². The van der Waals surface area contributed by atoms with Crippen molar-refractivity contribution >= 4 is 23.5 Å². The van der Waals surface area contributed by atoms with E-state index in [2.05, 4.69) is 22.2 Å². The molecule has 118 valence electrons. The van der Waals surface area contributed by atoms with Crippen LogP contribution in [0.2, 0.25) is 0 Å². The molecule has 1 aromatic heterocycles. The molecule has 0 radical (unpaired) electrons. The van der Waals surface area contributed by atoms with Crippen LogP contribution in [0.15, 0.2) is 6.07 Å². The number of nitrogens with zero attached hydrogens (tertiary/aromatic N) is 3. The number of anilines is 2. The van der Waals surface area contributed by atoms with Gasteiger partial charge in [-0.2, -0.15) is 29.9 Å². The maximum absolute atomic E-state index is 13.0. The van der Waals surface area contributed by atoms with Crippen LogP contribution in [0.4, 0.5) is 24.9 Å². The molecule has 1 fully saturated rings. The Morgan fingerprint density at radius 1 is 1.43 bits per heavy atom. The molecule has 1 aliphatic heterocycles. The van der Waals surface area contributed by atoms with Gasteiger partial charge >= 0.3 is 6.18 Å². The van der Waals surface area contributed by atoms with Crippen LogP contribution in [0.5, 0.6) is 0 Å². The van der Waals surface area contributed by atoms with Crippen LogP contribution >= 0.6 is 11.8 Å². The molecule has 1 N–H and O–H groups in total. The Morgan fingerprint density at radius 2 is 2.19 bits per heavy atom. The average molecular weight is 320 g/mol. The molecule has 0 saturated carbocycles. The fraction of sp³-hybridized carbons (Fsp3) is 0.692. The van der Waals surface area contributed by atoms with Crippen LogP contribution in [0.1, 0.15) is 26.0 Å². The van der Waals surface area contributed by atoms with E-state index in [0.717, 1.165) is 18.2 Å².